The second-order valence-corrected chi connectivity index (χ2v) is 6.51. The van der Waals surface area contributed by atoms with Crippen LogP contribution in [-0.2, 0) is 14.6 Å². The van der Waals surface area contributed by atoms with Crippen molar-refractivity contribution in [1.82, 2.24) is 0 Å². The molecule has 0 aromatic heterocycles. The Labute approximate surface area is 111 Å². The summed E-state index contributed by atoms with van der Waals surface area (Å²) >= 11 is 0. The smallest absolute Gasteiger partial charge is 0.337 e. The number of methoxy groups -OCH3 is 1. The summed E-state index contributed by atoms with van der Waals surface area (Å²) in [6.45, 7) is 1.62. The van der Waals surface area contributed by atoms with Crippen molar-refractivity contribution < 1.29 is 22.3 Å². The van der Waals surface area contributed by atoms with Crippen LogP contribution in [0.4, 0.5) is 10.1 Å². The highest BCUT2D eigenvalue weighted by atomic mass is 32.2. The summed E-state index contributed by atoms with van der Waals surface area (Å²) in [5.41, 5.74) is 0.261. The van der Waals surface area contributed by atoms with Gasteiger partial charge in [0.25, 0.3) is 0 Å². The van der Waals surface area contributed by atoms with Gasteiger partial charge in [-0.25, -0.2) is 17.6 Å². The Morgan fingerprint density at radius 2 is 2.11 bits per heavy atom. The van der Waals surface area contributed by atoms with Gasteiger partial charge in [-0.3, -0.25) is 0 Å². The average molecular weight is 289 g/mol. The molecule has 0 saturated heterocycles. The van der Waals surface area contributed by atoms with E-state index in [-0.39, 0.29) is 17.0 Å². The third kappa shape index (κ3) is 4.86. The van der Waals surface area contributed by atoms with Crippen molar-refractivity contribution in [3.63, 3.8) is 0 Å². The second kappa shape index (κ2) is 6.01. The number of nitrogens with one attached hydrogen (secondary N) is 1. The van der Waals surface area contributed by atoms with Gasteiger partial charge < -0.3 is 10.1 Å². The Morgan fingerprint density at radius 3 is 2.63 bits per heavy atom. The van der Waals surface area contributed by atoms with Crippen LogP contribution >= 0.6 is 0 Å². The van der Waals surface area contributed by atoms with Gasteiger partial charge in [-0.15, -0.1) is 0 Å². The van der Waals surface area contributed by atoms with Crippen LogP contribution in [0.3, 0.4) is 0 Å². The summed E-state index contributed by atoms with van der Waals surface area (Å²) in [6.07, 6.45) is 1.10. The molecule has 0 aliphatic rings. The first-order valence-electron chi connectivity index (χ1n) is 5.55. The molecule has 0 amide bonds. The Bertz CT molecular complexity index is 571. The van der Waals surface area contributed by atoms with E-state index in [0.29, 0.717) is 0 Å². The minimum absolute atomic E-state index is 0.0686. The van der Waals surface area contributed by atoms with Gasteiger partial charge in [0.05, 0.1) is 24.1 Å². The van der Waals surface area contributed by atoms with E-state index in [4.69, 9.17) is 0 Å². The number of hydrogen-bond acceptors (Lipinski definition) is 5. The summed E-state index contributed by atoms with van der Waals surface area (Å²) in [6, 6.07) is 3.24. The van der Waals surface area contributed by atoms with Crippen molar-refractivity contribution in [2.75, 3.05) is 24.4 Å². The molecule has 0 aliphatic heterocycles. The molecule has 1 unspecified atom stereocenters. The lowest BCUT2D eigenvalue weighted by atomic mass is 10.2. The van der Waals surface area contributed by atoms with E-state index < -0.39 is 27.7 Å². The van der Waals surface area contributed by atoms with Gasteiger partial charge in [0.1, 0.15) is 15.7 Å². The molecule has 1 aromatic rings. The molecule has 5 nitrogen and oxygen atoms in total. The molecule has 0 spiro atoms. The van der Waals surface area contributed by atoms with Crippen molar-refractivity contribution in [3.8, 4) is 0 Å². The quantitative estimate of drug-likeness (QED) is 0.831. The number of halogens is 1. The van der Waals surface area contributed by atoms with Crippen LogP contribution in [0.15, 0.2) is 18.2 Å². The molecule has 7 heteroatoms. The van der Waals surface area contributed by atoms with Crippen molar-refractivity contribution in [3.05, 3.63) is 29.6 Å². The van der Waals surface area contributed by atoms with E-state index in [0.717, 1.165) is 12.3 Å². The molecular weight excluding hydrogens is 273 g/mol. The lowest BCUT2D eigenvalue weighted by molar-refractivity contribution is 0.0600. The van der Waals surface area contributed by atoms with E-state index in [2.05, 4.69) is 10.1 Å². The van der Waals surface area contributed by atoms with Crippen LogP contribution in [0.1, 0.15) is 17.3 Å². The fraction of sp³-hybridized carbons (Fsp3) is 0.417. The fourth-order valence-corrected chi connectivity index (χ4v) is 2.63. The molecular formula is C12H16FNO4S. The third-order valence-corrected chi connectivity index (χ3v) is 3.45. The number of sulfone groups is 1. The van der Waals surface area contributed by atoms with Crippen LogP contribution in [-0.4, -0.2) is 39.5 Å². The maximum absolute atomic E-state index is 13.6. The summed E-state index contributed by atoms with van der Waals surface area (Å²) in [4.78, 5) is 11.3. The van der Waals surface area contributed by atoms with Crippen molar-refractivity contribution >= 4 is 21.5 Å². The number of rotatable bonds is 5. The van der Waals surface area contributed by atoms with Crippen LogP contribution in [0.5, 0.6) is 0 Å². The zero-order valence-electron chi connectivity index (χ0n) is 10.9. The Balaban J connectivity index is 2.91. The van der Waals surface area contributed by atoms with Gasteiger partial charge >= 0.3 is 5.97 Å². The maximum atomic E-state index is 13.6. The van der Waals surface area contributed by atoms with Crippen LogP contribution in [0.25, 0.3) is 0 Å². The summed E-state index contributed by atoms with van der Waals surface area (Å²) < 4.78 is 40.4. The molecule has 0 heterocycles. The summed E-state index contributed by atoms with van der Waals surface area (Å²) in [5, 5.41) is 2.72. The first-order valence-corrected chi connectivity index (χ1v) is 7.61. The molecule has 0 fully saturated rings. The molecule has 19 heavy (non-hydrogen) atoms. The first-order chi connectivity index (χ1) is 8.73. The number of anilines is 1. The predicted molar refractivity (Wildman–Crippen MR) is 70.5 cm³/mol. The highest BCUT2D eigenvalue weighted by Crippen LogP contribution is 2.18. The molecule has 1 aromatic carbocycles. The lowest BCUT2D eigenvalue weighted by Gasteiger charge is -2.15. The normalized spacial score (nSPS) is 12.8. The highest BCUT2D eigenvalue weighted by molar-refractivity contribution is 7.90. The van der Waals surface area contributed by atoms with Crippen molar-refractivity contribution in [1.29, 1.82) is 0 Å². The van der Waals surface area contributed by atoms with Gasteiger partial charge in [0.15, 0.2) is 0 Å². The van der Waals surface area contributed by atoms with E-state index in [1.54, 1.807) is 6.92 Å². The SMILES string of the molecule is COC(=O)c1ccc(F)c(NC(C)CS(C)(=O)=O)c1. The third-order valence-electron chi connectivity index (χ3n) is 2.34. The van der Waals surface area contributed by atoms with Gasteiger partial charge in [-0.2, -0.15) is 0 Å². The minimum atomic E-state index is -3.16. The molecule has 0 saturated carbocycles. The van der Waals surface area contributed by atoms with Gasteiger partial charge in [-0.1, -0.05) is 0 Å². The van der Waals surface area contributed by atoms with Crippen LogP contribution in [0, 0.1) is 5.82 Å². The number of esters is 1. The van der Waals surface area contributed by atoms with Crippen LogP contribution in [0.2, 0.25) is 0 Å². The predicted octanol–water partition coefficient (Wildman–Crippen LogP) is 1.46. The topological polar surface area (TPSA) is 72.5 Å². The monoisotopic (exact) mass is 289 g/mol. The Morgan fingerprint density at radius 1 is 1.47 bits per heavy atom. The molecule has 1 atom stereocenters. The zero-order chi connectivity index (χ0) is 14.6. The van der Waals surface area contributed by atoms with E-state index in [1.165, 1.54) is 19.2 Å². The van der Waals surface area contributed by atoms with E-state index in [1.807, 2.05) is 0 Å². The fourth-order valence-electron chi connectivity index (χ4n) is 1.64. The summed E-state index contributed by atoms with van der Waals surface area (Å²) in [7, 11) is -1.94. The van der Waals surface area contributed by atoms with E-state index >= 15 is 0 Å². The largest absolute Gasteiger partial charge is 0.465 e. The highest BCUT2D eigenvalue weighted by Gasteiger charge is 2.14. The standard InChI is InChI=1S/C12H16FNO4S/c1-8(7-19(3,16)17)14-11-6-9(12(15)18-2)4-5-10(11)13/h4-6,8,14H,7H2,1-3H3. The molecule has 0 bridgehead atoms. The average Bonchev–Trinajstić information content (AvgIpc) is 2.28. The van der Waals surface area contributed by atoms with E-state index in [9.17, 15) is 17.6 Å². The lowest BCUT2D eigenvalue weighted by Crippen LogP contribution is -2.25. The summed E-state index contributed by atoms with van der Waals surface area (Å²) in [5.74, 6) is -1.28. The zero-order valence-corrected chi connectivity index (χ0v) is 11.8. The molecule has 106 valence electrons. The maximum Gasteiger partial charge on any atom is 0.337 e. The molecule has 1 N–H and O–H groups in total. The molecule has 0 aliphatic carbocycles. The Kier molecular flexibility index (Phi) is 4.88. The minimum Gasteiger partial charge on any atom is -0.465 e. The first kappa shape index (κ1) is 15.4. The number of carbonyl (C=O) groups excluding carboxylic acids is 1. The molecule has 1 rings (SSSR count). The second-order valence-electron chi connectivity index (χ2n) is 4.32. The van der Waals surface area contributed by atoms with Gasteiger partial charge in [0, 0.05) is 12.3 Å². The Hall–Kier alpha value is -1.63. The van der Waals surface area contributed by atoms with Crippen LogP contribution < -0.4 is 5.32 Å². The van der Waals surface area contributed by atoms with Crippen molar-refractivity contribution in [2.45, 2.75) is 13.0 Å². The van der Waals surface area contributed by atoms with Crippen molar-refractivity contribution in [2.24, 2.45) is 0 Å². The van der Waals surface area contributed by atoms with Gasteiger partial charge in [-0.05, 0) is 25.1 Å². The van der Waals surface area contributed by atoms with Gasteiger partial charge in [0.2, 0.25) is 0 Å². The number of ether oxygens (including phenoxy) is 1. The molecule has 0 radical (unpaired) electrons. The number of hydrogen-bond donors (Lipinski definition) is 1. The number of benzene rings is 1. The number of carbonyl (C=O) groups is 1.